The molecule has 2 aromatic rings. The van der Waals surface area contributed by atoms with Crippen LogP contribution in [0.5, 0.6) is 0 Å². The third-order valence-electron chi connectivity index (χ3n) is 3.02. The van der Waals surface area contributed by atoms with Crippen molar-refractivity contribution in [3.63, 3.8) is 0 Å². The maximum absolute atomic E-state index is 13.5. The lowest BCUT2D eigenvalue weighted by Gasteiger charge is -2.22. The molecule has 0 saturated carbocycles. The first-order valence-corrected chi connectivity index (χ1v) is 8.20. The Kier molecular flexibility index (Phi) is 5.75. The molecule has 0 aromatic heterocycles. The monoisotopic (exact) mass is 452 g/mol. The smallest absolute Gasteiger partial charge is 0.170 e. The molecule has 0 amide bonds. The molecule has 22 heavy (non-hydrogen) atoms. The predicted molar refractivity (Wildman–Crippen MR) is 91.5 cm³/mol. The van der Waals surface area contributed by atoms with Gasteiger partial charge in [0.1, 0.15) is 5.92 Å². The molecule has 0 aliphatic heterocycles. The molecule has 6 heteroatoms. The van der Waals surface area contributed by atoms with Gasteiger partial charge in [0.15, 0.2) is 0 Å². The zero-order valence-electron chi connectivity index (χ0n) is 11.0. The Morgan fingerprint density at radius 3 is 1.95 bits per heavy atom. The number of halogens is 6. The SMILES string of the molecule is FC(F)(F)[C@@H](/C(Br)=C(/Br)c1ccc(Cl)cc1)c1ccccc1. The van der Waals surface area contributed by atoms with E-state index in [9.17, 15) is 13.2 Å². The van der Waals surface area contributed by atoms with Gasteiger partial charge in [-0.15, -0.1) is 0 Å². The van der Waals surface area contributed by atoms with Crippen molar-refractivity contribution in [1.82, 2.24) is 0 Å². The van der Waals surface area contributed by atoms with Crippen LogP contribution < -0.4 is 0 Å². The lowest BCUT2D eigenvalue weighted by molar-refractivity contribution is -0.140. The van der Waals surface area contributed by atoms with Crippen molar-refractivity contribution >= 4 is 47.9 Å². The van der Waals surface area contributed by atoms with E-state index in [4.69, 9.17) is 11.6 Å². The summed E-state index contributed by atoms with van der Waals surface area (Å²) in [5, 5.41) is 0.524. The summed E-state index contributed by atoms with van der Waals surface area (Å²) in [6.07, 6.45) is -4.41. The highest BCUT2D eigenvalue weighted by Gasteiger charge is 2.43. The van der Waals surface area contributed by atoms with Crippen LogP contribution in [0.25, 0.3) is 4.48 Å². The normalized spacial score (nSPS) is 14.5. The zero-order valence-corrected chi connectivity index (χ0v) is 15.0. The highest BCUT2D eigenvalue weighted by Crippen LogP contribution is 2.47. The van der Waals surface area contributed by atoms with Crippen molar-refractivity contribution < 1.29 is 13.2 Å². The number of alkyl halides is 3. The van der Waals surface area contributed by atoms with Crippen LogP contribution in [0.1, 0.15) is 17.0 Å². The Bertz CT molecular complexity index is 664. The summed E-state index contributed by atoms with van der Waals surface area (Å²) >= 11 is 12.2. The van der Waals surface area contributed by atoms with Crippen molar-refractivity contribution in [2.75, 3.05) is 0 Å². The molecule has 0 unspecified atom stereocenters. The molecule has 0 heterocycles. The van der Waals surface area contributed by atoms with Gasteiger partial charge in [0.2, 0.25) is 0 Å². The minimum Gasteiger partial charge on any atom is -0.170 e. The number of rotatable bonds is 3. The third-order valence-corrected chi connectivity index (χ3v) is 5.54. The highest BCUT2D eigenvalue weighted by atomic mass is 79.9. The molecule has 0 saturated heterocycles. The van der Waals surface area contributed by atoms with E-state index in [2.05, 4.69) is 31.9 Å². The van der Waals surface area contributed by atoms with Crippen molar-refractivity contribution in [1.29, 1.82) is 0 Å². The van der Waals surface area contributed by atoms with Crippen LogP contribution in [-0.4, -0.2) is 6.18 Å². The summed E-state index contributed by atoms with van der Waals surface area (Å²) in [5.74, 6) is -1.74. The van der Waals surface area contributed by atoms with Crippen LogP contribution in [0, 0.1) is 0 Å². The molecule has 0 N–H and O–H groups in total. The molecular formula is C16H10Br2ClF3. The van der Waals surface area contributed by atoms with E-state index in [1.807, 2.05) is 0 Å². The maximum atomic E-state index is 13.5. The molecule has 2 rings (SSSR count). The predicted octanol–water partition coefficient (Wildman–Crippen LogP) is 7.14. The molecule has 116 valence electrons. The fourth-order valence-electron chi connectivity index (χ4n) is 1.99. The molecule has 0 fully saturated rings. The van der Waals surface area contributed by atoms with Gasteiger partial charge in [-0.1, -0.05) is 70.0 Å². The van der Waals surface area contributed by atoms with Crippen LogP contribution in [0.3, 0.4) is 0 Å². The molecule has 0 bridgehead atoms. The van der Waals surface area contributed by atoms with Crippen LogP contribution >= 0.6 is 43.5 Å². The Hall–Kier alpha value is -0.780. The molecule has 0 aliphatic rings. The van der Waals surface area contributed by atoms with Crippen molar-refractivity contribution in [3.8, 4) is 0 Å². The van der Waals surface area contributed by atoms with Gasteiger partial charge in [-0.25, -0.2) is 0 Å². The molecule has 0 aliphatic carbocycles. The minimum absolute atomic E-state index is 0.0218. The summed E-state index contributed by atoms with van der Waals surface area (Å²) in [7, 11) is 0. The van der Waals surface area contributed by atoms with Gasteiger partial charge in [-0.05, 0) is 39.2 Å². The topological polar surface area (TPSA) is 0 Å². The molecule has 0 nitrogen and oxygen atoms in total. The largest absolute Gasteiger partial charge is 0.400 e. The molecular weight excluding hydrogens is 444 g/mol. The van der Waals surface area contributed by atoms with Gasteiger partial charge in [-0.2, -0.15) is 13.2 Å². The second-order valence-corrected chi connectivity index (χ2v) is 6.64. The standard InChI is InChI=1S/C16H10Br2ClF3/c17-14(11-6-8-12(19)9-7-11)15(18)13(16(20,21)22)10-4-2-1-3-5-10/h1-9,13H/b15-14-/t13-/m1/s1. The zero-order chi connectivity index (χ0) is 16.3. The summed E-state index contributed by atoms with van der Waals surface area (Å²) in [5.41, 5.74) is 0.786. The van der Waals surface area contributed by atoms with Gasteiger partial charge < -0.3 is 0 Å². The summed E-state index contributed by atoms with van der Waals surface area (Å²) in [6, 6.07) is 14.4. The number of hydrogen-bond donors (Lipinski definition) is 0. The molecule has 0 spiro atoms. The average Bonchev–Trinajstić information content (AvgIpc) is 2.47. The van der Waals surface area contributed by atoms with Gasteiger partial charge in [0.25, 0.3) is 0 Å². The van der Waals surface area contributed by atoms with Gasteiger partial charge >= 0.3 is 6.18 Å². The van der Waals surface area contributed by atoms with Gasteiger partial charge in [0, 0.05) is 14.0 Å². The molecule has 1 atom stereocenters. The second-order valence-electron chi connectivity index (χ2n) is 4.55. The summed E-state index contributed by atoms with van der Waals surface area (Å²) in [4.78, 5) is 0. The summed E-state index contributed by atoms with van der Waals surface area (Å²) < 4.78 is 40.8. The van der Waals surface area contributed by atoms with Gasteiger partial charge in [-0.3, -0.25) is 0 Å². The van der Waals surface area contributed by atoms with E-state index in [0.717, 1.165) is 0 Å². The second kappa shape index (κ2) is 7.20. The fraction of sp³-hybridized carbons (Fsp3) is 0.125. The van der Waals surface area contributed by atoms with Crippen molar-refractivity contribution in [3.05, 3.63) is 75.2 Å². The minimum atomic E-state index is -4.41. The van der Waals surface area contributed by atoms with Crippen LogP contribution in [0.4, 0.5) is 13.2 Å². The van der Waals surface area contributed by atoms with E-state index in [0.29, 0.717) is 15.1 Å². The molecule has 2 aromatic carbocycles. The number of allylic oxidation sites excluding steroid dienone is 1. The van der Waals surface area contributed by atoms with E-state index in [-0.39, 0.29) is 10.0 Å². The Balaban J connectivity index is 2.51. The van der Waals surface area contributed by atoms with E-state index in [1.165, 1.54) is 12.1 Å². The van der Waals surface area contributed by atoms with E-state index in [1.54, 1.807) is 42.5 Å². The van der Waals surface area contributed by atoms with Gasteiger partial charge in [0.05, 0.1) is 0 Å². The Labute approximate surface area is 148 Å². The van der Waals surface area contributed by atoms with Crippen molar-refractivity contribution in [2.24, 2.45) is 0 Å². The number of hydrogen-bond acceptors (Lipinski definition) is 0. The fourth-order valence-corrected chi connectivity index (χ4v) is 3.36. The van der Waals surface area contributed by atoms with Crippen molar-refractivity contribution in [2.45, 2.75) is 12.1 Å². The number of benzene rings is 2. The molecule has 0 radical (unpaired) electrons. The Morgan fingerprint density at radius 1 is 0.909 bits per heavy atom. The maximum Gasteiger partial charge on any atom is 0.400 e. The van der Waals surface area contributed by atoms with Crippen LogP contribution in [0.15, 0.2) is 59.1 Å². The summed E-state index contributed by atoms with van der Waals surface area (Å²) in [6.45, 7) is 0. The highest BCUT2D eigenvalue weighted by molar-refractivity contribution is 9.16. The first kappa shape index (κ1) is 17.6. The first-order chi connectivity index (χ1) is 10.3. The van der Waals surface area contributed by atoms with Crippen LogP contribution in [-0.2, 0) is 0 Å². The lowest BCUT2D eigenvalue weighted by Crippen LogP contribution is -2.21. The Morgan fingerprint density at radius 2 is 1.45 bits per heavy atom. The quantitative estimate of drug-likeness (QED) is 0.462. The van der Waals surface area contributed by atoms with E-state index < -0.39 is 12.1 Å². The first-order valence-electron chi connectivity index (χ1n) is 6.23. The third kappa shape index (κ3) is 4.15. The average molecular weight is 455 g/mol. The van der Waals surface area contributed by atoms with E-state index >= 15 is 0 Å². The lowest BCUT2D eigenvalue weighted by atomic mass is 9.97. The van der Waals surface area contributed by atoms with Crippen LogP contribution in [0.2, 0.25) is 5.02 Å².